The van der Waals surface area contributed by atoms with Crippen LogP contribution in [0.5, 0.6) is 0 Å². The van der Waals surface area contributed by atoms with Gasteiger partial charge in [-0.15, -0.1) is 0 Å². The Morgan fingerprint density at radius 2 is 2.26 bits per heavy atom. The van der Waals surface area contributed by atoms with Crippen LogP contribution in [-0.4, -0.2) is 11.0 Å². The molecule has 3 rings (SSSR count). The summed E-state index contributed by atoms with van der Waals surface area (Å²) in [6.45, 7) is 0.874. The molecule has 0 atom stereocenters. The fourth-order valence-corrected chi connectivity index (χ4v) is 2.36. The van der Waals surface area contributed by atoms with Crippen LogP contribution in [0.4, 0.5) is 0 Å². The topological polar surface area (TPSA) is 48.7 Å². The molecule has 1 aliphatic carbocycles. The van der Waals surface area contributed by atoms with Crippen LogP contribution in [0, 0.1) is 11.3 Å². The molecule has 0 aliphatic heterocycles. The summed E-state index contributed by atoms with van der Waals surface area (Å²) < 4.78 is 0. The van der Waals surface area contributed by atoms with E-state index in [0.717, 1.165) is 18.5 Å². The average Bonchev–Trinajstić information content (AvgIpc) is 3.26. The molecule has 1 N–H and O–H groups in total. The fraction of sp³-hybridized carbons (Fsp3) is 0.375. The number of aromatic nitrogens is 1. The second-order valence-electron chi connectivity index (χ2n) is 5.14. The molecule has 1 aromatic carbocycles. The van der Waals surface area contributed by atoms with Gasteiger partial charge < -0.3 is 5.32 Å². The standard InChI is InChI=1S/C16H17N3/c17-7-1-3-12-9-13-4-2-8-18-16(13)14(10-12)11-19-15-5-6-15/h2,4,8-10,15,19H,1,3,5-6,11H2. The van der Waals surface area contributed by atoms with E-state index in [1.165, 1.54) is 29.4 Å². The Hall–Kier alpha value is -1.92. The number of nitrogens with one attached hydrogen (secondary N) is 1. The van der Waals surface area contributed by atoms with Crippen molar-refractivity contribution in [2.24, 2.45) is 0 Å². The van der Waals surface area contributed by atoms with E-state index >= 15 is 0 Å². The Labute approximate surface area is 113 Å². The molecule has 0 spiro atoms. The molecule has 1 aliphatic rings. The van der Waals surface area contributed by atoms with Crippen molar-refractivity contribution in [3.8, 4) is 6.07 Å². The summed E-state index contributed by atoms with van der Waals surface area (Å²) in [5.41, 5.74) is 3.56. The van der Waals surface area contributed by atoms with E-state index in [9.17, 15) is 0 Å². The minimum Gasteiger partial charge on any atom is -0.310 e. The van der Waals surface area contributed by atoms with Crippen molar-refractivity contribution in [1.82, 2.24) is 10.3 Å². The Balaban J connectivity index is 1.92. The van der Waals surface area contributed by atoms with Gasteiger partial charge in [-0.05, 0) is 42.5 Å². The van der Waals surface area contributed by atoms with E-state index in [2.05, 4.69) is 34.6 Å². The number of nitriles is 1. The highest BCUT2D eigenvalue weighted by atomic mass is 14.9. The Bertz CT molecular complexity index is 623. The minimum atomic E-state index is 0.571. The lowest BCUT2D eigenvalue weighted by molar-refractivity contribution is 0.689. The van der Waals surface area contributed by atoms with Crippen LogP contribution in [0.2, 0.25) is 0 Å². The third-order valence-electron chi connectivity index (χ3n) is 3.53. The molecule has 0 saturated heterocycles. The first kappa shape index (κ1) is 12.1. The molecule has 1 fully saturated rings. The highest BCUT2D eigenvalue weighted by Gasteiger charge is 2.20. The van der Waals surface area contributed by atoms with Gasteiger partial charge in [0.05, 0.1) is 11.6 Å². The van der Waals surface area contributed by atoms with Crippen molar-refractivity contribution in [1.29, 1.82) is 5.26 Å². The Morgan fingerprint density at radius 1 is 1.37 bits per heavy atom. The van der Waals surface area contributed by atoms with Gasteiger partial charge in [0.2, 0.25) is 0 Å². The lowest BCUT2D eigenvalue weighted by Gasteiger charge is -2.09. The fourth-order valence-electron chi connectivity index (χ4n) is 2.36. The summed E-state index contributed by atoms with van der Waals surface area (Å²) in [5, 5.41) is 13.4. The lowest BCUT2D eigenvalue weighted by atomic mass is 10.0. The lowest BCUT2D eigenvalue weighted by Crippen LogP contribution is -2.16. The summed E-state index contributed by atoms with van der Waals surface area (Å²) in [6.07, 6.45) is 5.82. The van der Waals surface area contributed by atoms with Gasteiger partial charge in [-0.25, -0.2) is 0 Å². The minimum absolute atomic E-state index is 0.571. The zero-order valence-electron chi connectivity index (χ0n) is 10.9. The highest BCUT2D eigenvalue weighted by Crippen LogP contribution is 2.23. The van der Waals surface area contributed by atoms with Gasteiger partial charge in [0, 0.05) is 30.6 Å². The number of benzene rings is 1. The van der Waals surface area contributed by atoms with Gasteiger partial charge in [0.25, 0.3) is 0 Å². The summed E-state index contributed by atoms with van der Waals surface area (Å²) >= 11 is 0. The Morgan fingerprint density at radius 3 is 3.05 bits per heavy atom. The maximum Gasteiger partial charge on any atom is 0.0747 e. The number of rotatable bonds is 5. The van der Waals surface area contributed by atoms with Crippen LogP contribution in [0.15, 0.2) is 30.5 Å². The van der Waals surface area contributed by atoms with Crippen molar-refractivity contribution in [2.45, 2.75) is 38.3 Å². The van der Waals surface area contributed by atoms with Crippen LogP contribution in [-0.2, 0) is 13.0 Å². The van der Waals surface area contributed by atoms with Crippen LogP contribution in [0.3, 0.4) is 0 Å². The molecule has 0 bridgehead atoms. The zero-order chi connectivity index (χ0) is 13.1. The molecule has 19 heavy (non-hydrogen) atoms. The van der Waals surface area contributed by atoms with Gasteiger partial charge in [-0.3, -0.25) is 4.98 Å². The van der Waals surface area contributed by atoms with E-state index in [4.69, 9.17) is 5.26 Å². The van der Waals surface area contributed by atoms with Crippen LogP contribution in [0.1, 0.15) is 30.4 Å². The zero-order valence-corrected chi connectivity index (χ0v) is 10.9. The third kappa shape index (κ3) is 2.91. The SMILES string of the molecule is N#CCCc1cc(CNC2CC2)c2ncccc2c1. The number of pyridine rings is 1. The number of aryl methyl sites for hydroxylation is 1. The summed E-state index contributed by atoms with van der Waals surface area (Å²) in [7, 11) is 0. The van der Waals surface area contributed by atoms with Crippen molar-refractivity contribution in [3.63, 3.8) is 0 Å². The van der Waals surface area contributed by atoms with Crippen LogP contribution >= 0.6 is 0 Å². The van der Waals surface area contributed by atoms with E-state index in [-0.39, 0.29) is 0 Å². The monoisotopic (exact) mass is 251 g/mol. The molecule has 0 amide bonds. The normalized spacial score (nSPS) is 14.5. The summed E-state index contributed by atoms with van der Waals surface area (Å²) in [5.74, 6) is 0. The third-order valence-corrected chi connectivity index (χ3v) is 3.53. The van der Waals surface area contributed by atoms with Gasteiger partial charge in [0.1, 0.15) is 0 Å². The molecule has 0 radical (unpaired) electrons. The first-order valence-corrected chi connectivity index (χ1v) is 6.83. The number of nitrogens with zero attached hydrogens (tertiary/aromatic N) is 2. The molecule has 3 heteroatoms. The van der Waals surface area contributed by atoms with E-state index in [1.807, 2.05) is 12.3 Å². The van der Waals surface area contributed by atoms with Crippen LogP contribution in [0.25, 0.3) is 10.9 Å². The number of hydrogen-bond acceptors (Lipinski definition) is 3. The molecule has 1 heterocycles. The average molecular weight is 251 g/mol. The van der Waals surface area contributed by atoms with Gasteiger partial charge in [-0.2, -0.15) is 5.26 Å². The van der Waals surface area contributed by atoms with Crippen LogP contribution < -0.4 is 5.32 Å². The van der Waals surface area contributed by atoms with Gasteiger partial charge >= 0.3 is 0 Å². The molecular weight excluding hydrogens is 234 g/mol. The summed E-state index contributed by atoms with van der Waals surface area (Å²) in [6, 6.07) is 11.3. The largest absolute Gasteiger partial charge is 0.310 e. The number of hydrogen-bond donors (Lipinski definition) is 1. The maximum atomic E-state index is 8.72. The summed E-state index contributed by atoms with van der Waals surface area (Å²) in [4.78, 5) is 4.50. The first-order chi connectivity index (χ1) is 9.36. The van der Waals surface area contributed by atoms with E-state index < -0.39 is 0 Å². The molecule has 0 unspecified atom stereocenters. The van der Waals surface area contributed by atoms with Crippen molar-refractivity contribution in [2.75, 3.05) is 0 Å². The highest BCUT2D eigenvalue weighted by molar-refractivity contribution is 5.82. The van der Waals surface area contributed by atoms with Crippen molar-refractivity contribution < 1.29 is 0 Å². The van der Waals surface area contributed by atoms with Gasteiger partial charge in [-0.1, -0.05) is 12.1 Å². The molecule has 96 valence electrons. The number of fused-ring (bicyclic) bond motifs is 1. The molecule has 3 nitrogen and oxygen atoms in total. The molecule has 2 aromatic rings. The Kier molecular flexibility index (Phi) is 3.43. The van der Waals surface area contributed by atoms with Crippen molar-refractivity contribution in [3.05, 3.63) is 41.6 Å². The molecular formula is C16H17N3. The molecule has 1 aromatic heterocycles. The van der Waals surface area contributed by atoms with Gasteiger partial charge in [0.15, 0.2) is 0 Å². The maximum absolute atomic E-state index is 8.72. The quantitative estimate of drug-likeness (QED) is 0.888. The smallest absolute Gasteiger partial charge is 0.0747 e. The molecule has 1 saturated carbocycles. The van der Waals surface area contributed by atoms with E-state index in [1.54, 1.807) is 0 Å². The first-order valence-electron chi connectivity index (χ1n) is 6.83. The second-order valence-corrected chi connectivity index (χ2v) is 5.14. The predicted octanol–water partition coefficient (Wildman–Crippen LogP) is 2.94. The predicted molar refractivity (Wildman–Crippen MR) is 75.5 cm³/mol. The van der Waals surface area contributed by atoms with E-state index in [0.29, 0.717) is 12.5 Å². The second kappa shape index (κ2) is 5.38. The van der Waals surface area contributed by atoms with Crippen molar-refractivity contribution >= 4 is 10.9 Å².